The fraction of sp³-hybridized carbons (Fsp3) is 0.442. The number of rotatable bonds is 13. The molecule has 6 rings (SSSR count). The Labute approximate surface area is 432 Å². The lowest BCUT2D eigenvalue weighted by Crippen LogP contribution is -2.67. The molecular weight excluding hydrogens is 1000 g/mol. The Hall–Kier alpha value is -7.29. The summed E-state index contributed by atoms with van der Waals surface area (Å²) in [6, 6.07) is 15.4. The number of para-hydroxylation sites is 1. The quantitative estimate of drug-likeness (QED) is 0.0522. The van der Waals surface area contributed by atoms with E-state index in [2.05, 4.69) is 63.1 Å². The molecular formula is C52H67BrN12O8. The van der Waals surface area contributed by atoms with Crippen LogP contribution in [-0.4, -0.2) is 107 Å². The molecule has 2 unspecified atom stereocenters. The van der Waals surface area contributed by atoms with E-state index in [1.165, 1.54) is 0 Å². The number of nitrogens with one attached hydrogen (secondary N) is 8. The number of guanidine groups is 1. The van der Waals surface area contributed by atoms with Crippen LogP contribution in [0.3, 0.4) is 0 Å². The fourth-order valence-electron chi connectivity index (χ4n) is 9.17. The third-order valence-electron chi connectivity index (χ3n) is 13.2. The third-order valence-corrected chi connectivity index (χ3v) is 13.7. The molecule has 73 heavy (non-hydrogen) atoms. The monoisotopic (exact) mass is 1070 g/mol. The first kappa shape index (κ1) is 55.0. The molecule has 1 spiro atoms. The molecule has 20 nitrogen and oxygen atoms in total. The molecule has 3 aromatic carbocycles. The fourth-order valence-corrected chi connectivity index (χ4v) is 9.58. The number of carbonyl (C=O) groups is 8. The lowest BCUT2D eigenvalue weighted by molar-refractivity contribution is -0.139. The van der Waals surface area contributed by atoms with Gasteiger partial charge in [0.25, 0.3) is 0 Å². The van der Waals surface area contributed by atoms with Gasteiger partial charge in [-0.05, 0) is 91.8 Å². The number of hydrogen-bond donors (Lipinski definition) is 11. The van der Waals surface area contributed by atoms with Crippen LogP contribution in [-0.2, 0) is 64.0 Å². The van der Waals surface area contributed by atoms with Crippen LogP contribution in [0.15, 0.2) is 88.5 Å². The number of fused-ring (bicyclic) bond motifs is 2. The molecule has 0 saturated carbocycles. The van der Waals surface area contributed by atoms with Crippen molar-refractivity contribution in [3.05, 3.63) is 106 Å². The molecule has 1 saturated heterocycles. The van der Waals surface area contributed by atoms with Crippen molar-refractivity contribution in [2.45, 2.75) is 133 Å². The normalized spacial score (nSPS) is 22.8. The molecule has 390 valence electrons. The topological polar surface area (TPSA) is 327 Å². The van der Waals surface area contributed by atoms with Crippen LogP contribution in [0.2, 0.25) is 0 Å². The van der Waals surface area contributed by atoms with Crippen molar-refractivity contribution < 1.29 is 38.4 Å². The molecule has 1 aliphatic carbocycles. The molecule has 14 N–H and O–H groups in total. The smallest absolute Gasteiger partial charge is 0.246 e. The van der Waals surface area contributed by atoms with Crippen LogP contribution in [0.4, 0.5) is 0 Å². The first-order valence-electron chi connectivity index (χ1n) is 24.8. The molecule has 21 heteroatoms. The highest BCUT2D eigenvalue weighted by atomic mass is 79.9. The van der Waals surface area contributed by atoms with Crippen molar-refractivity contribution in [1.82, 2.24) is 42.2 Å². The van der Waals surface area contributed by atoms with Gasteiger partial charge < -0.3 is 59.4 Å². The number of unbranched alkanes of at least 4 members (excludes halogenated alkanes) is 1. The first-order chi connectivity index (χ1) is 35.0. The minimum Gasteiger partial charge on any atom is -0.370 e. The maximum absolute atomic E-state index is 15.2. The van der Waals surface area contributed by atoms with Crippen molar-refractivity contribution in [2.24, 2.45) is 22.2 Å². The first-order valence-corrected chi connectivity index (χ1v) is 25.6. The summed E-state index contributed by atoms with van der Waals surface area (Å²) in [6.45, 7) is 2.12. The molecule has 1 fully saturated rings. The predicted octanol–water partition coefficient (Wildman–Crippen LogP) is 1.60. The highest BCUT2D eigenvalue weighted by Crippen LogP contribution is 2.32. The zero-order chi connectivity index (χ0) is 52.5. The average Bonchev–Trinajstić information content (AvgIpc) is 3.77. The summed E-state index contributed by atoms with van der Waals surface area (Å²) in [5.41, 5.74) is 19.2. The molecule has 2 aliphatic rings. The standard InChI is InChI=1S/C52H67BrN12O8/c1-2-3-18-43(66)60-42-28-44(67)57-23-10-9-16-38(45(54)68)61-48(71)41(27-34-30-59-37-15-8-7-14-36(34)37)63-46(69)39(17-11-24-58-51(55)56)62-47(70)40(25-31-12-5-4-6-13-31)64-50(73)52(65-49(42)72)22-21-32-26-35(53)20-19-33(32)29-52/h4-8,12-15,19-20,26,30,38-42,59H,2-3,9-11,16-18,21-25,27-29H2,1H3,(H2,54,68)(H,57,67)(H,60,66)(H,61,71)(H,62,70)(H,63,69)(H,64,73)(H,65,72)(H4,55,56,58)/t38-,39-,40+,41-,42?,52?/m0/s1. The Morgan fingerprint density at radius 3 is 2.26 bits per heavy atom. The van der Waals surface area contributed by atoms with Gasteiger partial charge in [-0.2, -0.15) is 0 Å². The summed E-state index contributed by atoms with van der Waals surface area (Å²) in [5, 5.41) is 20.6. The van der Waals surface area contributed by atoms with Gasteiger partial charge >= 0.3 is 0 Å². The number of aromatic amines is 1. The van der Waals surface area contributed by atoms with Crippen molar-refractivity contribution in [1.29, 1.82) is 0 Å². The summed E-state index contributed by atoms with van der Waals surface area (Å²) < 4.78 is 0.823. The number of nitrogens with zero attached hydrogens (tertiary/aromatic N) is 1. The van der Waals surface area contributed by atoms with Crippen molar-refractivity contribution in [3.63, 3.8) is 0 Å². The molecule has 6 atom stereocenters. The van der Waals surface area contributed by atoms with Crippen molar-refractivity contribution in [2.75, 3.05) is 13.1 Å². The van der Waals surface area contributed by atoms with Gasteiger partial charge in [-0.25, -0.2) is 0 Å². The summed E-state index contributed by atoms with van der Waals surface area (Å²) in [7, 11) is 0. The van der Waals surface area contributed by atoms with Gasteiger partial charge in [0, 0.05) is 60.3 Å². The van der Waals surface area contributed by atoms with Crippen LogP contribution in [0.5, 0.6) is 0 Å². The number of carbonyl (C=O) groups excluding carboxylic acids is 8. The van der Waals surface area contributed by atoms with Gasteiger partial charge in [-0.15, -0.1) is 0 Å². The summed E-state index contributed by atoms with van der Waals surface area (Å²) in [4.78, 5) is 121. The van der Waals surface area contributed by atoms with Crippen molar-refractivity contribution >= 4 is 80.0 Å². The number of halogens is 1. The minimum atomic E-state index is -1.69. The summed E-state index contributed by atoms with van der Waals surface area (Å²) in [6.07, 6.45) is 3.85. The van der Waals surface area contributed by atoms with Crippen LogP contribution < -0.4 is 54.4 Å². The van der Waals surface area contributed by atoms with Gasteiger partial charge in [0.1, 0.15) is 35.7 Å². The van der Waals surface area contributed by atoms with Crippen LogP contribution >= 0.6 is 15.9 Å². The molecule has 1 aliphatic heterocycles. The number of aromatic nitrogens is 1. The average molecular weight is 1070 g/mol. The lowest BCUT2D eigenvalue weighted by Gasteiger charge is -2.39. The van der Waals surface area contributed by atoms with Gasteiger partial charge in [-0.1, -0.05) is 83.9 Å². The Morgan fingerprint density at radius 2 is 1.51 bits per heavy atom. The van der Waals surface area contributed by atoms with E-state index in [4.69, 9.17) is 17.2 Å². The predicted molar refractivity (Wildman–Crippen MR) is 279 cm³/mol. The number of hydrogen-bond acceptors (Lipinski definition) is 9. The highest BCUT2D eigenvalue weighted by Gasteiger charge is 2.46. The number of aliphatic imine (C=N–C) groups is 1. The molecule has 0 radical (unpaired) electrons. The Balaban J connectivity index is 1.41. The number of nitrogens with two attached hydrogens (primary N) is 3. The second-order valence-corrected chi connectivity index (χ2v) is 19.7. The number of amides is 8. The van der Waals surface area contributed by atoms with E-state index in [0.717, 1.165) is 26.5 Å². The van der Waals surface area contributed by atoms with Crippen molar-refractivity contribution in [3.8, 4) is 0 Å². The third kappa shape index (κ3) is 15.8. The summed E-state index contributed by atoms with van der Waals surface area (Å²) >= 11 is 3.53. The SMILES string of the molecule is CCCCC(=O)NC1CC(=O)NCCCC[C@@H](C(N)=O)NC(=O)[C@H](Cc2c[nH]c3ccccc23)NC(=O)[C@H](CCCN=C(N)N)NC(=O)[C@@H](Cc2ccccc2)NC(=O)C2(CCc3cc(Br)ccc3C2)NC1=O. The van der Waals surface area contributed by atoms with Gasteiger partial charge in [0.2, 0.25) is 47.3 Å². The van der Waals surface area contributed by atoms with E-state index in [0.29, 0.717) is 43.2 Å². The van der Waals surface area contributed by atoms with E-state index in [1.54, 1.807) is 36.5 Å². The second-order valence-electron chi connectivity index (χ2n) is 18.7. The van der Waals surface area contributed by atoms with E-state index in [9.17, 15) is 33.6 Å². The van der Waals surface area contributed by atoms with Gasteiger partial charge in [-0.3, -0.25) is 43.3 Å². The largest absolute Gasteiger partial charge is 0.370 e. The lowest BCUT2D eigenvalue weighted by atomic mass is 9.76. The zero-order valence-corrected chi connectivity index (χ0v) is 42.6. The number of benzene rings is 3. The Kier molecular flexibility index (Phi) is 19.9. The number of H-pyrrole nitrogens is 1. The van der Waals surface area contributed by atoms with Gasteiger partial charge in [0.05, 0.1) is 6.42 Å². The number of primary amides is 1. The summed E-state index contributed by atoms with van der Waals surface area (Å²) in [5.74, 6) is -5.74. The Morgan fingerprint density at radius 1 is 0.795 bits per heavy atom. The highest BCUT2D eigenvalue weighted by molar-refractivity contribution is 9.10. The van der Waals surface area contributed by atoms with Crippen LogP contribution in [0, 0.1) is 0 Å². The molecule has 0 bridgehead atoms. The van der Waals surface area contributed by atoms with E-state index in [-0.39, 0.29) is 70.4 Å². The second kappa shape index (κ2) is 26.4. The van der Waals surface area contributed by atoms with Crippen LogP contribution in [0.1, 0.15) is 93.4 Å². The van der Waals surface area contributed by atoms with E-state index < -0.39 is 89.4 Å². The zero-order valence-electron chi connectivity index (χ0n) is 41.0. The maximum Gasteiger partial charge on any atom is 0.246 e. The molecule has 4 aromatic rings. The molecule has 1 aromatic heterocycles. The Bertz CT molecular complexity index is 2660. The van der Waals surface area contributed by atoms with E-state index >= 15 is 4.79 Å². The molecule has 8 amide bonds. The molecule has 2 heterocycles. The van der Waals surface area contributed by atoms with E-state index in [1.807, 2.05) is 49.4 Å². The van der Waals surface area contributed by atoms with Gasteiger partial charge in [0.15, 0.2) is 5.96 Å². The number of aryl methyl sites for hydroxylation is 1. The maximum atomic E-state index is 15.2. The minimum absolute atomic E-state index is 0.00242. The van der Waals surface area contributed by atoms with Crippen LogP contribution in [0.25, 0.3) is 10.9 Å².